The van der Waals surface area contributed by atoms with Gasteiger partial charge in [-0.1, -0.05) is 0 Å². The van der Waals surface area contributed by atoms with Crippen molar-refractivity contribution in [3.05, 3.63) is 64.4 Å². The molecular weight excluding hydrogens is 594 g/mol. The number of hydrogen-bond donors (Lipinski definition) is 8. The molecule has 1 saturated heterocycles. The molecule has 5 atom stereocenters. The lowest BCUT2D eigenvalue weighted by Gasteiger charge is -2.38. The van der Waals surface area contributed by atoms with Gasteiger partial charge in [0, 0.05) is 36.4 Å². The van der Waals surface area contributed by atoms with Crippen LogP contribution in [0.15, 0.2) is 57.7 Å². The number of H-pyrrole nitrogens is 1. The normalized spacial score (nSPS) is 21.5. The number of hydrogen-bond acceptors (Lipinski definition) is 13. The molecule has 1 aliphatic rings. The van der Waals surface area contributed by atoms with Crippen molar-refractivity contribution in [2.75, 3.05) is 32.5 Å². The number of aromatic nitrogens is 1. The van der Waals surface area contributed by atoms with Gasteiger partial charge in [-0.15, -0.1) is 0 Å². The highest BCUT2D eigenvalue weighted by molar-refractivity contribution is 5.89. The van der Waals surface area contributed by atoms with Crippen molar-refractivity contribution in [3.8, 4) is 34.3 Å². The summed E-state index contributed by atoms with van der Waals surface area (Å²) in [5, 5.41) is 53.8. The van der Waals surface area contributed by atoms with Gasteiger partial charge in [-0.05, 0) is 43.4 Å². The van der Waals surface area contributed by atoms with Crippen LogP contribution in [-0.4, -0.2) is 94.0 Å². The average Bonchev–Trinajstić information content (AvgIpc) is 3.43. The molecule has 240 valence electrons. The van der Waals surface area contributed by atoms with Gasteiger partial charge >= 0.3 is 5.97 Å². The summed E-state index contributed by atoms with van der Waals surface area (Å²) in [5.41, 5.74) is 6.41. The molecule has 15 heteroatoms. The number of carboxylic acid groups (broad SMARTS) is 1. The minimum Gasteiger partial charge on any atom is -0.504 e. The molecule has 0 amide bonds. The van der Waals surface area contributed by atoms with Gasteiger partial charge in [-0.25, -0.2) is 4.79 Å². The molecule has 2 aromatic heterocycles. The van der Waals surface area contributed by atoms with Crippen LogP contribution in [0.25, 0.3) is 22.3 Å². The Morgan fingerprint density at radius 1 is 1.02 bits per heavy atom. The van der Waals surface area contributed by atoms with Gasteiger partial charge in [-0.2, -0.15) is 0 Å². The van der Waals surface area contributed by atoms with Crippen molar-refractivity contribution in [3.63, 3.8) is 0 Å². The Kier molecular flexibility index (Phi) is 9.45. The molecular formula is C30H33N3O12. The van der Waals surface area contributed by atoms with Crippen molar-refractivity contribution in [1.82, 2.24) is 10.3 Å². The predicted octanol–water partition coefficient (Wildman–Crippen LogP) is 0.567. The SMILES string of the molecule is CNCCOc1c(OC2OC(C(=O)O)C(O)C(O)C2O)cc2oc(-c3ccc(OCCc4ccc(N)[nH]4)cc3)cc(=O)c2c1O. The Morgan fingerprint density at radius 3 is 2.44 bits per heavy atom. The van der Waals surface area contributed by atoms with Crippen LogP contribution in [0, 0.1) is 0 Å². The number of nitrogens with one attached hydrogen (secondary N) is 2. The maximum atomic E-state index is 13.2. The zero-order chi connectivity index (χ0) is 32.2. The van der Waals surface area contributed by atoms with Crippen molar-refractivity contribution < 1.29 is 53.7 Å². The van der Waals surface area contributed by atoms with Gasteiger partial charge in [0.05, 0.1) is 6.61 Å². The third kappa shape index (κ3) is 6.82. The Bertz CT molecular complexity index is 1700. The number of phenolic OH excluding ortho intramolecular Hbond substituents is 1. The molecule has 3 heterocycles. The molecule has 5 rings (SSSR count). The number of aliphatic hydroxyl groups excluding tert-OH is 3. The number of nitrogens with two attached hydrogens (primary N) is 1. The molecule has 0 saturated carbocycles. The van der Waals surface area contributed by atoms with Gasteiger partial charge < -0.3 is 64.9 Å². The van der Waals surface area contributed by atoms with Crippen LogP contribution in [0.3, 0.4) is 0 Å². The monoisotopic (exact) mass is 627 g/mol. The molecule has 1 aliphatic heterocycles. The fourth-order valence-corrected chi connectivity index (χ4v) is 4.76. The number of aliphatic carboxylic acids is 1. The van der Waals surface area contributed by atoms with Crippen LogP contribution >= 0.6 is 0 Å². The molecule has 1 fully saturated rings. The van der Waals surface area contributed by atoms with Crippen LogP contribution in [0.1, 0.15) is 5.69 Å². The van der Waals surface area contributed by atoms with Crippen LogP contribution in [0.2, 0.25) is 0 Å². The van der Waals surface area contributed by atoms with Crippen LogP contribution in [-0.2, 0) is 16.0 Å². The zero-order valence-electron chi connectivity index (χ0n) is 24.0. The number of ether oxygens (including phenoxy) is 4. The van der Waals surface area contributed by atoms with Crippen molar-refractivity contribution in [2.24, 2.45) is 0 Å². The molecule has 0 aliphatic carbocycles. The van der Waals surface area contributed by atoms with E-state index in [4.69, 9.17) is 29.1 Å². The lowest BCUT2D eigenvalue weighted by molar-refractivity contribution is -0.271. The highest BCUT2D eigenvalue weighted by atomic mass is 16.7. The number of phenols is 1. The molecule has 4 aromatic rings. The van der Waals surface area contributed by atoms with E-state index in [2.05, 4.69) is 10.3 Å². The van der Waals surface area contributed by atoms with Gasteiger partial charge in [0.15, 0.2) is 23.0 Å². The first-order valence-corrected chi connectivity index (χ1v) is 13.9. The third-order valence-electron chi connectivity index (χ3n) is 7.12. The van der Waals surface area contributed by atoms with E-state index in [0.717, 1.165) is 5.69 Å². The Morgan fingerprint density at radius 2 is 1.78 bits per heavy atom. The number of carbonyl (C=O) groups is 1. The van der Waals surface area contributed by atoms with E-state index in [1.54, 1.807) is 37.4 Å². The Balaban J connectivity index is 1.44. The van der Waals surface area contributed by atoms with Gasteiger partial charge in [0.2, 0.25) is 12.0 Å². The first-order valence-electron chi connectivity index (χ1n) is 13.9. The maximum absolute atomic E-state index is 13.2. The zero-order valence-corrected chi connectivity index (χ0v) is 24.0. The highest BCUT2D eigenvalue weighted by Crippen LogP contribution is 2.43. The first-order chi connectivity index (χ1) is 21.6. The summed E-state index contributed by atoms with van der Waals surface area (Å²) in [6, 6.07) is 12.8. The summed E-state index contributed by atoms with van der Waals surface area (Å²) < 4.78 is 28.3. The number of carboxylic acids is 1. The molecule has 2 aromatic carbocycles. The summed E-state index contributed by atoms with van der Waals surface area (Å²) in [6.07, 6.45) is -8.89. The standard InChI is InChI=1S/C30H33N3O12/c1-32-9-11-42-27-20(44-30-26(38)24(36)25(37)28(45-30)29(39)40)13-19-22(23(27)35)17(34)12-18(43-19)14-2-5-16(6-3-14)41-10-8-15-4-7-21(31)33-15/h2-7,12-13,24-26,28,30,32-33,35-38H,8-11,31H2,1H3,(H,39,40). The number of benzene rings is 2. The number of aliphatic hydroxyl groups is 3. The topological polar surface area (TPSA) is 239 Å². The molecule has 15 nitrogen and oxygen atoms in total. The second-order valence-corrected chi connectivity index (χ2v) is 10.3. The van der Waals surface area contributed by atoms with Crippen molar-refractivity contribution in [2.45, 2.75) is 37.1 Å². The number of anilines is 1. The molecule has 9 N–H and O–H groups in total. The maximum Gasteiger partial charge on any atom is 0.335 e. The number of rotatable bonds is 12. The molecule has 5 unspecified atom stereocenters. The van der Waals surface area contributed by atoms with Gasteiger partial charge in [-0.3, -0.25) is 4.79 Å². The Hall–Kier alpha value is -4.80. The number of aromatic hydroxyl groups is 1. The minimum absolute atomic E-state index is 0.00991. The lowest BCUT2D eigenvalue weighted by Crippen LogP contribution is -2.61. The average molecular weight is 628 g/mol. The van der Waals surface area contributed by atoms with Crippen LogP contribution in [0.5, 0.6) is 23.0 Å². The van der Waals surface area contributed by atoms with Crippen LogP contribution < -0.4 is 30.7 Å². The highest BCUT2D eigenvalue weighted by Gasteiger charge is 2.48. The minimum atomic E-state index is -1.94. The number of fused-ring (bicyclic) bond motifs is 1. The summed E-state index contributed by atoms with van der Waals surface area (Å²) in [5.74, 6) is -1.55. The van der Waals surface area contributed by atoms with E-state index in [9.17, 15) is 35.1 Å². The lowest BCUT2D eigenvalue weighted by atomic mass is 9.99. The van der Waals surface area contributed by atoms with E-state index < -0.39 is 47.9 Å². The van der Waals surface area contributed by atoms with E-state index in [1.165, 1.54) is 12.1 Å². The summed E-state index contributed by atoms with van der Waals surface area (Å²) in [7, 11) is 1.67. The second-order valence-electron chi connectivity index (χ2n) is 10.3. The van der Waals surface area contributed by atoms with E-state index in [0.29, 0.717) is 36.7 Å². The van der Waals surface area contributed by atoms with Crippen molar-refractivity contribution >= 4 is 22.8 Å². The third-order valence-corrected chi connectivity index (χ3v) is 7.12. The van der Waals surface area contributed by atoms with Gasteiger partial charge in [0.25, 0.3) is 0 Å². The molecule has 45 heavy (non-hydrogen) atoms. The largest absolute Gasteiger partial charge is 0.504 e. The first kappa shape index (κ1) is 31.6. The smallest absolute Gasteiger partial charge is 0.335 e. The quantitative estimate of drug-likeness (QED) is 0.100. The second kappa shape index (κ2) is 13.5. The number of nitrogen functional groups attached to an aromatic ring is 1. The summed E-state index contributed by atoms with van der Waals surface area (Å²) in [6.45, 7) is 0.739. The Labute approximate surface area is 255 Å². The fraction of sp³-hybridized carbons (Fsp3) is 0.333. The summed E-state index contributed by atoms with van der Waals surface area (Å²) >= 11 is 0. The van der Waals surface area contributed by atoms with Gasteiger partial charge in [0.1, 0.15) is 53.2 Å². The molecule has 0 bridgehead atoms. The fourth-order valence-electron chi connectivity index (χ4n) is 4.76. The number of likely N-dealkylation sites (N-methyl/N-ethyl adjacent to an activating group) is 1. The number of aromatic amines is 1. The molecule has 0 spiro atoms. The van der Waals surface area contributed by atoms with E-state index in [1.807, 2.05) is 6.07 Å². The summed E-state index contributed by atoms with van der Waals surface area (Å²) in [4.78, 5) is 27.8. The van der Waals surface area contributed by atoms with E-state index >= 15 is 0 Å². The van der Waals surface area contributed by atoms with E-state index in [-0.39, 0.29) is 34.8 Å². The predicted molar refractivity (Wildman–Crippen MR) is 158 cm³/mol. The molecule has 0 radical (unpaired) electrons. The van der Waals surface area contributed by atoms with Crippen molar-refractivity contribution in [1.29, 1.82) is 0 Å². The van der Waals surface area contributed by atoms with Crippen LogP contribution in [0.4, 0.5) is 5.82 Å².